The topological polar surface area (TPSA) is 86.7 Å². The number of halogens is 1. The van der Waals surface area contributed by atoms with Crippen molar-refractivity contribution in [3.63, 3.8) is 0 Å². The van der Waals surface area contributed by atoms with Gasteiger partial charge in [0.05, 0.1) is 11.8 Å². The van der Waals surface area contributed by atoms with Gasteiger partial charge >= 0.3 is 0 Å². The van der Waals surface area contributed by atoms with Crippen LogP contribution in [0.1, 0.15) is 21.5 Å². The molecule has 0 radical (unpaired) electrons. The normalized spacial score (nSPS) is 10.5. The van der Waals surface area contributed by atoms with Crippen LogP contribution < -0.4 is 5.73 Å². The van der Waals surface area contributed by atoms with E-state index in [9.17, 15) is 4.79 Å². The predicted octanol–water partition coefficient (Wildman–Crippen LogP) is 1.03. The van der Waals surface area contributed by atoms with Gasteiger partial charge in [-0.1, -0.05) is 11.6 Å². The molecule has 17 heavy (non-hydrogen) atoms. The van der Waals surface area contributed by atoms with Gasteiger partial charge in [-0.3, -0.25) is 4.79 Å². The lowest BCUT2D eigenvalue weighted by molar-refractivity contribution is 0.100. The summed E-state index contributed by atoms with van der Waals surface area (Å²) in [5.41, 5.74) is 7.14. The SMILES string of the molecule is Cc1c(Cl)nnc(-n2cc(C(N)=O)cn2)c1C. The van der Waals surface area contributed by atoms with Crippen molar-refractivity contribution in [2.24, 2.45) is 5.73 Å². The van der Waals surface area contributed by atoms with Crippen molar-refractivity contribution >= 4 is 17.5 Å². The van der Waals surface area contributed by atoms with Gasteiger partial charge in [0.15, 0.2) is 11.0 Å². The number of amides is 1. The molecular formula is C10H10ClN5O. The van der Waals surface area contributed by atoms with Crippen LogP contribution in [0.4, 0.5) is 0 Å². The highest BCUT2D eigenvalue weighted by molar-refractivity contribution is 6.30. The molecule has 6 nitrogen and oxygen atoms in total. The maximum Gasteiger partial charge on any atom is 0.251 e. The first-order valence-electron chi connectivity index (χ1n) is 4.85. The van der Waals surface area contributed by atoms with E-state index in [0.29, 0.717) is 16.5 Å². The van der Waals surface area contributed by atoms with E-state index in [2.05, 4.69) is 15.3 Å². The third-order valence-corrected chi connectivity index (χ3v) is 2.88. The van der Waals surface area contributed by atoms with Crippen LogP contribution in [0.25, 0.3) is 5.82 Å². The van der Waals surface area contributed by atoms with E-state index >= 15 is 0 Å². The third kappa shape index (κ3) is 1.99. The minimum atomic E-state index is -0.535. The number of hydrogen-bond acceptors (Lipinski definition) is 4. The number of nitrogens with two attached hydrogens (primary N) is 1. The molecule has 2 N–H and O–H groups in total. The van der Waals surface area contributed by atoms with Crippen LogP contribution >= 0.6 is 11.6 Å². The van der Waals surface area contributed by atoms with Crippen molar-refractivity contribution in [2.75, 3.05) is 0 Å². The smallest absolute Gasteiger partial charge is 0.251 e. The molecule has 0 fully saturated rings. The first kappa shape index (κ1) is 11.5. The Labute approximate surface area is 102 Å². The summed E-state index contributed by atoms with van der Waals surface area (Å²) in [5.74, 6) is -0.00746. The summed E-state index contributed by atoms with van der Waals surface area (Å²) in [7, 11) is 0. The van der Waals surface area contributed by atoms with Gasteiger partial charge in [0.25, 0.3) is 5.91 Å². The van der Waals surface area contributed by atoms with E-state index in [-0.39, 0.29) is 0 Å². The van der Waals surface area contributed by atoms with Gasteiger partial charge in [-0.05, 0) is 19.4 Å². The highest BCUT2D eigenvalue weighted by Crippen LogP contribution is 2.19. The Bertz CT molecular complexity index is 592. The fraction of sp³-hybridized carbons (Fsp3) is 0.200. The molecule has 7 heteroatoms. The second kappa shape index (κ2) is 4.14. The zero-order chi connectivity index (χ0) is 12.6. The average Bonchev–Trinajstić information content (AvgIpc) is 2.75. The van der Waals surface area contributed by atoms with E-state index in [1.54, 1.807) is 0 Å². The summed E-state index contributed by atoms with van der Waals surface area (Å²) in [5, 5.41) is 12.1. The van der Waals surface area contributed by atoms with Crippen LogP contribution in [0.2, 0.25) is 5.15 Å². The molecule has 88 valence electrons. The molecule has 0 aliphatic carbocycles. The zero-order valence-electron chi connectivity index (χ0n) is 9.31. The molecule has 0 saturated carbocycles. The van der Waals surface area contributed by atoms with Gasteiger partial charge in [-0.2, -0.15) is 5.10 Å². The second-order valence-corrected chi connectivity index (χ2v) is 3.96. The fourth-order valence-electron chi connectivity index (χ4n) is 1.35. The van der Waals surface area contributed by atoms with Gasteiger partial charge in [-0.15, -0.1) is 10.2 Å². The molecule has 0 atom stereocenters. The van der Waals surface area contributed by atoms with Crippen LogP contribution in [0.5, 0.6) is 0 Å². The number of primary amides is 1. The van der Waals surface area contributed by atoms with E-state index in [4.69, 9.17) is 17.3 Å². The quantitative estimate of drug-likeness (QED) is 0.864. The van der Waals surface area contributed by atoms with Gasteiger partial charge in [0.1, 0.15) is 0 Å². The summed E-state index contributed by atoms with van der Waals surface area (Å²) >= 11 is 5.85. The number of aromatic nitrogens is 4. The van der Waals surface area contributed by atoms with Gasteiger partial charge < -0.3 is 5.73 Å². The monoisotopic (exact) mass is 251 g/mol. The lowest BCUT2D eigenvalue weighted by Gasteiger charge is -2.06. The Morgan fingerprint density at radius 3 is 2.65 bits per heavy atom. The average molecular weight is 252 g/mol. The maximum atomic E-state index is 11.0. The molecular weight excluding hydrogens is 242 g/mol. The van der Waals surface area contributed by atoms with Crippen molar-refractivity contribution < 1.29 is 4.79 Å². The maximum absolute atomic E-state index is 11.0. The lowest BCUT2D eigenvalue weighted by atomic mass is 10.2. The summed E-state index contributed by atoms with van der Waals surface area (Å²) in [6.07, 6.45) is 2.89. The third-order valence-electron chi connectivity index (χ3n) is 2.52. The fourth-order valence-corrected chi connectivity index (χ4v) is 1.53. The van der Waals surface area contributed by atoms with Crippen molar-refractivity contribution in [1.82, 2.24) is 20.0 Å². The summed E-state index contributed by atoms with van der Waals surface area (Å²) in [6.45, 7) is 3.70. The lowest BCUT2D eigenvalue weighted by Crippen LogP contribution is -2.10. The summed E-state index contributed by atoms with van der Waals surface area (Å²) in [4.78, 5) is 11.0. The van der Waals surface area contributed by atoms with Gasteiger partial charge in [0.2, 0.25) is 0 Å². The Morgan fingerprint density at radius 1 is 1.35 bits per heavy atom. The summed E-state index contributed by atoms with van der Waals surface area (Å²) in [6, 6.07) is 0. The van der Waals surface area contributed by atoms with Gasteiger partial charge in [0, 0.05) is 11.8 Å². The molecule has 2 rings (SSSR count). The number of hydrogen-bond donors (Lipinski definition) is 1. The van der Waals surface area contributed by atoms with Crippen molar-refractivity contribution in [2.45, 2.75) is 13.8 Å². The van der Waals surface area contributed by atoms with Crippen LogP contribution in [0.15, 0.2) is 12.4 Å². The molecule has 0 aliphatic rings. The van der Waals surface area contributed by atoms with Gasteiger partial charge in [-0.25, -0.2) is 4.68 Å². The number of nitrogens with zero attached hydrogens (tertiary/aromatic N) is 4. The predicted molar refractivity (Wildman–Crippen MR) is 62.2 cm³/mol. The highest BCUT2D eigenvalue weighted by Gasteiger charge is 2.12. The minimum absolute atomic E-state index is 0.318. The molecule has 2 aromatic heterocycles. The van der Waals surface area contributed by atoms with Crippen molar-refractivity contribution in [3.8, 4) is 5.82 Å². The van der Waals surface area contributed by atoms with Crippen LogP contribution in [-0.4, -0.2) is 25.9 Å². The van der Waals surface area contributed by atoms with E-state index < -0.39 is 5.91 Å². The Kier molecular flexibility index (Phi) is 2.81. The van der Waals surface area contributed by atoms with Crippen LogP contribution in [0.3, 0.4) is 0 Å². The number of rotatable bonds is 2. The Morgan fingerprint density at radius 2 is 2.06 bits per heavy atom. The van der Waals surface area contributed by atoms with E-state index in [1.165, 1.54) is 17.1 Å². The Hall–Kier alpha value is -1.95. The minimum Gasteiger partial charge on any atom is -0.366 e. The van der Waals surface area contributed by atoms with Crippen molar-refractivity contribution in [1.29, 1.82) is 0 Å². The first-order chi connectivity index (χ1) is 8.00. The first-order valence-corrected chi connectivity index (χ1v) is 5.22. The highest BCUT2D eigenvalue weighted by atomic mass is 35.5. The Balaban J connectivity index is 2.53. The largest absolute Gasteiger partial charge is 0.366 e. The molecule has 0 unspecified atom stereocenters. The molecule has 2 heterocycles. The van der Waals surface area contributed by atoms with E-state index in [1.807, 2.05) is 13.8 Å². The summed E-state index contributed by atoms with van der Waals surface area (Å²) < 4.78 is 1.45. The molecule has 0 bridgehead atoms. The standard InChI is InChI=1S/C10H10ClN5O/c1-5-6(2)10(15-14-8(5)11)16-4-7(3-13-16)9(12)17/h3-4H,1-2H3,(H2,12,17). The molecule has 1 amide bonds. The van der Waals surface area contributed by atoms with E-state index in [0.717, 1.165) is 11.1 Å². The van der Waals surface area contributed by atoms with Crippen LogP contribution in [0, 0.1) is 13.8 Å². The molecule has 2 aromatic rings. The zero-order valence-corrected chi connectivity index (χ0v) is 10.1. The second-order valence-electron chi connectivity index (χ2n) is 3.60. The molecule has 0 aromatic carbocycles. The van der Waals surface area contributed by atoms with Crippen LogP contribution in [-0.2, 0) is 0 Å². The van der Waals surface area contributed by atoms with Crippen molar-refractivity contribution in [3.05, 3.63) is 34.2 Å². The number of carbonyl (C=O) groups excluding carboxylic acids is 1. The molecule has 0 aliphatic heterocycles. The molecule has 0 saturated heterocycles. The number of carbonyl (C=O) groups is 1. The molecule has 0 spiro atoms.